The summed E-state index contributed by atoms with van der Waals surface area (Å²) in [6.45, 7) is 3.45. The summed E-state index contributed by atoms with van der Waals surface area (Å²) in [5.41, 5.74) is 3.44. The number of carbonyl (C=O) groups is 3. The second-order valence-corrected chi connectivity index (χ2v) is 8.85. The predicted molar refractivity (Wildman–Crippen MR) is 126 cm³/mol. The van der Waals surface area contributed by atoms with Gasteiger partial charge in [0.05, 0.1) is 17.3 Å². The summed E-state index contributed by atoms with van der Waals surface area (Å²) in [5.74, 6) is -1.72. The first-order chi connectivity index (χ1) is 16.2. The minimum Gasteiger partial charge on any atom is -0.476 e. The number of carboxylic acids is 1. The Morgan fingerprint density at radius 3 is 2.24 bits per heavy atom. The van der Waals surface area contributed by atoms with E-state index in [1.54, 1.807) is 13.8 Å². The number of hydrogen-bond acceptors (Lipinski definition) is 5. The van der Waals surface area contributed by atoms with Crippen LogP contribution in [0.3, 0.4) is 0 Å². The predicted octanol–water partition coefficient (Wildman–Crippen LogP) is 3.62. The molecule has 9 heteroatoms. The van der Waals surface area contributed by atoms with E-state index in [1.807, 2.05) is 36.4 Å². The quantitative estimate of drug-likeness (QED) is 0.493. The molecule has 2 amide bonds. The van der Waals surface area contributed by atoms with Crippen LogP contribution >= 0.6 is 0 Å². The summed E-state index contributed by atoms with van der Waals surface area (Å²) >= 11 is 0. The minimum atomic E-state index is -1.20. The first-order valence-electron chi connectivity index (χ1n) is 10.8. The average molecular weight is 463 g/mol. The van der Waals surface area contributed by atoms with Gasteiger partial charge in [-0.25, -0.2) is 9.59 Å². The molecule has 1 aliphatic carbocycles. The van der Waals surface area contributed by atoms with Crippen LogP contribution in [0.1, 0.15) is 41.4 Å². The number of amides is 2. The van der Waals surface area contributed by atoms with Crippen LogP contribution in [0.25, 0.3) is 11.1 Å². The lowest BCUT2D eigenvalue weighted by Gasteiger charge is -2.24. The molecule has 34 heavy (non-hydrogen) atoms. The van der Waals surface area contributed by atoms with Crippen LogP contribution < -0.4 is 10.6 Å². The molecule has 0 aliphatic heterocycles. The molecular formula is C25H26N4O5. The molecule has 2 aromatic carbocycles. The first-order valence-corrected chi connectivity index (χ1v) is 10.8. The van der Waals surface area contributed by atoms with Crippen LogP contribution in [0.5, 0.6) is 0 Å². The van der Waals surface area contributed by atoms with Gasteiger partial charge in [-0.1, -0.05) is 48.5 Å². The third-order valence-corrected chi connectivity index (χ3v) is 6.02. The number of carbonyl (C=O) groups excluding carboxylic acids is 2. The van der Waals surface area contributed by atoms with Crippen molar-refractivity contribution in [2.75, 3.05) is 18.5 Å². The lowest BCUT2D eigenvalue weighted by Crippen LogP contribution is -2.42. The number of carboxylic acid groups (broad SMARTS) is 1. The molecule has 1 aliphatic rings. The van der Waals surface area contributed by atoms with Gasteiger partial charge < -0.3 is 20.5 Å². The van der Waals surface area contributed by atoms with E-state index < -0.39 is 23.4 Å². The molecule has 1 heterocycles. The monoisotopic (exact) mass is 462 g/mol. The molecule has 0 spiro atoms. The van der Waals surface area contributed by atoms with Crippen LogP contribution in [0, 0.1) is 5.41 Å². The van der Waals surface area contributed by atoms with Crippen LogP contribution in [-0.2, 0) is 16.6 Å². The maximum absolute atomic E-state index is 12.7. The normalized spacial score (nSPS) is 12.6. The molecule has 3 aromatic rings. The number of benzene rings is 2. The highest BCUT2D eigenvalue weighted by molar-refractivity contribution is 6.01. The van der Waals surface area contributed by atoms with Crippen molar-refractivity contribution < 1.29 is 24.2 Å². The van der Waals surface area contributed by atoms with Crippen LogP contribution in [0.4, 0.5) is 10.5 Å². The average Bonchev–Trinajstić information content (AvgIpc) is 3.34. The molecule has 1 aromatic heterocycles. The summed E-state index contributed by atoms with van der Waals surface area (Å²) < 4.78 is 6.68. The molecule has 176 valence electrons. The SMILES string of the molecule is Cn1ncc(NC(=O)C(C)(C)CNC(=O)OCC2c3ccccc3-c3ccccc32)c1C(=O)O. The summed E-state index contributed by atoms with van der Waals surface area (Å²) in [6, 6.07) is 16.1. The first kappa shape index (κ1) is 23.0. The highest BCUT2D eigenvalue weighted by atomic mass is 16.5. The van der Waals surface area contributed by atoms with Crippen LogP contribution in [0.15, 0.2) is 54.7 Å². The Morgan fingerprint density at radius 2 is 1.65 bits per heavy atom. The number of aryl methyl sites for hydroxylation is 1. The smallest absolute Gasteiger partial charge is 0.407 e. The Balaban J connectivity index is 1.35. The highest BCUT2D eigenvalue weighted by Crippen LogP contribution is 2.44. The number of ether oxygens (including phenoxy) is 1. The molecule has 4 rings (SSSR count). The zero-order valence-electron chi connectivity index (χ0n) is 19.2. The molecule has 0 bridgehead atoms. The van der Waals surface area contributed by atoms with Crippen LogP contribution in [-0.4, -0.2) is 46.0 Å². The van der Waals surface area contributed by atoms with Gasteiger partial charge in [-0.2, -0.15) is 5.10 Å². The van der Waals surface area contributed by atoms with Crippen molar-refractivity contribution in [1.82, 2.24) is 15.1 Å². The van der Waals surface area contributed by atoms with Crippen molar-refractivity contribution >= 4 is 23.7 Å². The van der Waals surface area contributed by atoms with Crippen molar-refractivity contribution in [3.05, 3.63) is 71.5 Å². The Kier molecular flexibility index (Phi) is 6.10. The number of nitrogens with one attached hydrogen (secondary N) is 2. The van der Waals surface area contributed by atoms with Gasteiger partial charge in [0.15, 0.2) is 5.69 Å². The van der Waals surface area contributed by atoms with Gasteiger partial charge in [0.2, 0.25) is 5.91 Å². The van der Waals surface area contributed by atoms with Gasteiger partial charge in [-0.3, -0.25) is 9.48 Å². The standard InChI is InChI=1S/C25H26N4O5/c1-25(2,23(32)28-20-12-27-29(3)21(20)22(30)31)14-26-24(33)34-13-19-17-10-6-4-8-15(17)16-9-5-7-11-18(16)19/h4-12,19H,13-14H2,1-3H3,(H,26,33)(H,28,32)(H,30,31). The molecule has 0 saturated carbocycles. The molecule has 0 radical (unpaired) electrons. The number of nitrogens with zero attached hydrogens (tertiary/aromatic N) is 2. The Hall–Kier alpha value is -4.14. The van der Waals surface area contributed by atoms with Gasteiger partial charge in [-0.05, 0) is 36.1 Å². The van der Waals surface area contributed by atoms with E-state index in [1.165, 1.54) is 17.9 Å². The zero-order valence-corrected chi connectivity index (χ0v) is 19.2. The molecule has 0 saturated heterocycles. The lowest BCUT2D eigenvalue weighted by molar-refractivity contribution is -0.123. The number of anilines is 1. The molecule has 3 N–H and O–H groups in total. The van der Waals surface area contributed by atoms with Gasteiger partial charge in [0.1, 0.15) is 6.61 Å². The highest BCUT2D eigenvalue weighted by Gasteiger charge is 2.32. The topological polar surface area (TPSA) is 123 Å². The molecule has 0 atom stereocenters. The Labute approximate surface area is 196 Å². The van der Waals surface area contributed by atoms with Crippen molar-refractivity contribution in [3.8, 4) is 11.1 Å². The second-order valence-electron chi connectivity index (χ2n) is 8.85. The largest absolute Gasteiger partial charge is 0.476 e. The van der Waals surface area contributed by atoms with Crippen LogP contribution in [0.2, 0.25) is 0 Å². The van der Waals surface area contributed by atoms with E-state index in [-0.39, 0.29) is 30.5 Å². The maximum atomic E-state index is 12.7. The second kappa shape index (κ2) is 9.01. The van der Waals surface area contributed by atoms with Crippen molar-refractivity contribution in [2.45, 2.75) is 19.8 Å². The molecule has 0 unspecified atom stereocenters. The molecular weight excluding hydrogens is 436 g/mol. The van der Waals surface area contributed by atoms with E-state index in [4.69, 9.17) is 4.74 Å². The summed E-state index contributed by atoms with van der Waals surface area (Å²) in [4.78, 5) is 36.6. The number of aromatic nitrogens is 2. The number of hydrogen-bond donors (Lipinski definition) is 3. The summed E-state index contributed by atoms with van der Waals surface area (Å²) in [5, 5.41) is 18.4. The number of aromatic carboxylic acids is 1. The van der Waals surface area contributed by atoms with E-state index in [0.717, 1.165) is 22.3 Å². The number of alkyl carbamates (subject to hydrolysis) is 1. The fourth-order valence-electron chi connectivity index (χ4n) is 4.10. The Morgan fingerprint density at radius 1 is 1.06 bits per heavy atom. The molecule has 9 nitrogen and oxygen atoms in total. The summed E-state index contributed by atoms with van der Waals surface area (Å²) in [7, 11) is 1.48. The minimum absolute atomic E-state index is 0.00181. The fraction of sp³-hybridized carbons (Fsp3) is 0.280. The van der Waals surface area contributed by atoms with E-state index >= 15 is 0 Å². The lowest BCUT2D eigenvalue weighted by atomic mass is 9.92. The summed E-state index contributed by atoms with van der Waals surface area (Å²) in [6.07, 6.45) is 0.645. The number of rotatable bonds is 7. The van der Waals surface area contributed by atoms with Crippen molar-refractivity contribution in [2.24, 2.45) is 12.5 Å². The third-order valence-electron chi connectivity index (χ3n) is 6.02. The van der Waals surface area contributed by atoms with Crippen molar-refractivity contribution in [3.63, 3.8) is 0 Å². The number of fused-ring (bicyclic) bond motifs is 3. The van der Waals surface area contributed by atoms with Gasteiger partial charge in [0, 0.05) is 19.5 Å². The van der Waals surface area contributed by atoms with Gasteiger partial charge in [-0.15, -0.1) is 0 Å². The third kappa shape index (κ3) is 4.36. The van der Waals surface area contributed by atoms with Gasteiger partial charge >= 0.3 is 12.1 Å². The zero-order chi connectivity index (χ0) is 24.5. The maximum Gasteiger partial charge on any atom is 0.407 e. The van der Waals surface area contributed by atoms with Crippen molar-refractivity contribution in [1.29, 1.82) is 0 Å². The fourth-order valence-corrected chi connectivity index (χ4v) is 4.10. The molecule has 0 fully saturated rings. The van der Waals surface area contributed by atoms with Gasteiger partial charge in [0.25, 0.3) is 0 Å². The van der Waals surface area contributed by atoms with E-state index in [2.05, 4.69) is 27.9 Å². The Bertz CT molecular complexity index is 1220. The van der Waals surface area contributed by atoms with E-state index in [0.29, 0.717) is 0 Å². The van der Waals surface area contributed by atoms with E-state index in [9.17, 15) is 19.5 Å².